The molecule has 2 aromatic carbocycles. The van der Waals surface area contributed by atoms with Crippen molar-refractivity contribution in [2.75, 3.05) is 19.8 Å². The third-order valence-electron chi connectivity index (χ3n) is 4.84. The van der Waals surface area contributed by atoms with Crippen LogP contribution in [0.25, 0.3) is 17.2 Å². The van der Waals surface area contributed by atoms with Gasteiger partial charge in [-0.1, -0.05) is 30.4 Å². The van der Waals surface area contributed by atoms with Crippen LogP contribution in [0, 0.1) is 5.82 Å². The standard InChI is InChI=1S/C21H22FNO2S/c1-23-13-18(26-2)12-17(23)9-3-14-4-10-19(21(24)25)20(11-14)15-5-7-16(22)8-6-15/h3-11,17-18H,12-13H2,1-2H3,(H,24,25)/b9-3+/t17-,18+/m1/s1. The molecule has 1 fully saturated rings. The van der Waals surface area contributed by atoms with Crippen LogP contribution in [-0.4, -0.2) is 47.1 Å². The fourth-order valence-corrected chi connectivity index (χ4v) is 4.09. The second-order valence-corrected chi connectivity index (χ2v) is 7.71. The van der Waals surface area contributed by atoms with Gasteiger partial charge in [0.05, 0.1) is 5.56 Å². The number of thioether (sulfide) groups is 1. The van der Waals surface area contributed by atoms with E-state index in [0.717, 1.165) is 18.5 Å². The van der Waals surface area contributed by atoms with Crippen molar-refractivity contribution in [2.45, 2.75) is 17.7 Å². The summed E-state index contributed by atoms with van der Waals surface area (Å²) in [5, 5.41) is 10.1. The number of carbonyl (C=O) groups is 1. The van der Waals surface area contributed by atoms with Crippen LogP contribution in [0.1, 0.15) is 22.3 Å². The van der Waals surface area contributed by atoms with Crippen LogP contribution < -0.4 is 0 Å². The molecule has 136 valence electrons. The summed E-state index contributed by atoms with van der Waals surface area (Å²) < 4.78 is 13.2. The first-order valence-corrected chi connectivity index (χ1v) is 9.81. The number of halogens is 1. The minimum atomic E-state index is -0.988. The lowest BCUT2D eigenvalue weighted by molar-refractivity contribution is 0.0697. The van der Waals surface area contributed by atoms with Crippen molar-refractivity contribution in [1.29, 1.82) is 0 Å². The number of likely N-dealkylation sites (tertiary alicyclic amines) is 1. The van der Waals surface area contributed by atoms with Crippen LogP contribution in [0.4, 0.5) is 4.39 Å². The Morgan fingerprint density at radius 3 is 2.62 bits per heavy atom. The molecule has 3 rings (SSSR count). The highest BCUT2D eigenvalue weighted by molar-refractivity contribution is 7.99. The van der Waals surface area contributed by atoms with E-state index in [2.05, 4.69) is 24.3 Å². The van der Waals surface area contributed by atoms with E-state index >= 15 is 0 Å². The largest absolute Gasteiger partial charge is 0.478 e. The molecular weight excluding hydrogens is 349 g/mol. The quantitative estimate of drug-likeness (QED) is 0.831. The number of likely N-dealkylation sites (N-methyl/N-ethyl adjacent to an activating group) is 1. The lowest BCUT2D eigenvalue weighted by Gasteiger charge is -2.14. The van der Waals surface area contributed by atoms with Crippen LogP contribution in [0.15, 0.2) is 48.5 Å². The van der Waals surface area contributed by atoms with Gasteiger partial charge in [0.25, 0.3) is 0 Å². The summed E-state index contributed by atoms with van der Waals surface area (Å²) in [6.45, 7) is 1.08. The molecule has 1 aliphatic rings. The Kier molecular flexibility index (Phi) is 5.79. The van der Waals surface area contributed by atoms with E-state index in [1.165, 1.54) is 12.1 Å². The summed E-state index contributed by atoms with van der Waals surface area (Å²) in [6, 6.07) is 11.6. The van der Waals surface area contributed by atoms with Crippen LogP contribution in [0.3, 0.4) is 0 Å². The number of benzene rings is 2. The molecule has 0 radical (unpaired) electrons. The number of rotatable bonds is 5. The zero-order valence-electron chi connectivity index (χ0n) is 14.9. The molecule has 1 heterocycles. The maximum absolute atomic E-state index is 13.2. The molecule has 0 aliphatic carbocycles. The minimum Gasteiger partial charge on any atom is -0.478 e. The van der Waals surface area contributed by atoms with Gasteiger partial charge in [-0.25, -0.2) is 9.18 Å². The highest BCUT2D eigenvalue weighted by atomic mass is 32.2. The van der Waals surface area contributed by atoms with Crippen molar-refractivity contribution in [1.82, 2.24) is 4.90 Å². The fraction of sp³-hybridized carbons (Fsp3) is 0.286. The molecule has 2 aromatic rings. The highest BCUT2D eigenvalue weighted by Gasteiger charge is 2.26. The lowest BCUT2D eigenvalue weighted by atomic mass is 9.96. The smallest absolute Gasteiger partial charge is 0.336 e. The summed E-state index contributed by atoms with van der Waals surface area (Å²) in [5.41, 5.74) is 2.45. The molecular formula is C21H22FNO2S. The van der Waals surface area contributed by atoms with Crippen molar-refractivity contribution in [3.8, 4) is 11.1 Å². The van der Waals surface area contributed by atoms with Crippen molar-refractivity contribution >= 4 is 23.8 Å². The summed E-state index contributed by atoms with van der Waals surface area (Å²) in [7, 11) is 2.13. The van der Waals surface area contributed by atoms with Gasteiger partial charge in [-0.2, -0.15) is 11.8 Å². The summed E-state index contributed by atoms with van der Waals surface area (Å²) in [4.78, 5) is 13.9. The van der Waals surface area contributed by atoms with Gasteiger partial charge in [-0.15, -0.1) is 0 Å². The Bertz CT molecular complexity index is 819. The number of aromatic carboxylic acids is 1. The van der Waals surface area contributed by atoms with Gasteiger partial charge in [0.1, 0.15) is 5.82 Å². The van der Waals surface area contributed by atoms with Crippen LogP contribution in [0.2, 0.25) is 0 Å². The molecule has 0 saturated carbocycles. The fourth-order valence-electron chi connectivity index (χ4n) is 3.32. The average Bonchev–Trinajstić information content (AvgIpc) is 3.00. The maximum atomic E-state index is 13.2. The van der Waals surface area contributed by atoms with Crippen LogP contribution in [0.5, 0.6) is 0 Å². The number of carboxylic acid groups (broad SMARTS) is 1. The Morgan fingerprint density at radius 1 is 1.27 bits per heavy atom. The molecule has 0 bridgehead atoms. The Morgan fingerprint density at radius 2 is 2.00 bits per heavy atom. The summed E-state index contributed by atoms with van der Waals surface area (Å²) >= 11 is 1.90. The van der Waals surface area contributed by atoms with Gasteiger partial charge in [0.15, 0.2) is 0 Å². The van der Waals surface area contributed by atoms with Gasteiger partial charge in [-0.3, -0.25) is 4.90 Å². The number of hydrogen-bond acceptors (Lipinski definition) is 3. The SMILES string of the molecule is CS[C@H]1C[C@@H](/C=C/c2ccc(C(=O)O)c(-c3ccc(F)cc3)c2)N(C)C1. The van der Waals surface area contributed by atoms with E-state index in [0.29, 0.717) is 22.4 Å². The summed E-state index contributed by atoms with van der Waals surface area (Å²) in [6.07, 6.45) is 7.49. The van der Waals surface area contributed by atoms with Gasteiger partial charge in [-0.05, 0) is 60.7 Å². The average molecular weight is 371 g/mol. The molecule has 0 unspecified atom stereocenters. The van der Waals surface area contributed by atoms with E-state index in [-0.39, 0.29) is 11.4 Å². The number of carboxylic acids is 1. The number of nitrogens with zero attached hydrogens (tertiary/aromatic N) is 1. The third kappa shape index (κ3) is 4.17. The van der Waals surface area contributed by atoms with E-state index in [9.17, 15) is 14.3 Å². The van der Waals surface area contributed by atoms with Crippen LogP contribution in [-0.2, 0) is 0 Å². The maximum Gasteiger partial charge on any atom is 0.336 e. The molecule has 0 amide bonds. The predicted molar refractivity (Wildman–Crippen MR) is 106 cm³/mol. The van der Waals surface area contributed by atoms with Gasteiger partial charge < -0.3 is 5.11 Å². The molecule has 2 atom stereocenters. The van der Waals surface area contributed by atoms with Crippen molar-refractivity contribution < 1.29 is 14.3 Å². The second-order valence-electron chi connectivity index (χ2n) is 6.58. The van der Waals surface area contributed by atoms with Gasteiger partial charge in [0, 0.05) is 17.8 Å². The van der Waals surface area contributed by atoms with Crippen molar-refractivity contribution in [3.63, 3.8) is 0 Å². The van der Waals surface area contributed by atoms with Crippen molar-refractivity contribution in [3.05, 3.63) is 65.5 Å². The van der Waals surface area contributed by atoms with E-state index in [4.69, 9.17) is 0 Å². The Labute approximate surface area is 157 Å². The zero-order chi connectivity index (χ0) is 18.7. The normalized spacial score (nSPS) is 20.7. The van der Waals surface area contributed by atoms with Gasteiger partial charge >= 0.3 is 5.97 Å². The minimum absolute atomic E-state index is 0.217. The monoisotopic (exact) mass is 371 g/mol. The molecule has 5 heteroatoms. The van der Waals surface area contributed by atoms with E-state index in [1.54, 1.807) is 18.2 Å². The first-order valence-electron chi connectivity index (χ1n) is 8.52. The predicted octanol–water partition coefficient (Wildman–Crippen LogP) is 4.64. The first kappa shape index (κ1) is 18.7. The Hall–Kier alpha value is -2.11. The molecule has 0 aromatic heterocycles. The highest BCUT2D eigenvalue weighted by Crippen LogP contribution is 2.28. The van der Waals surface area contributed by atoms with E-state index in [1.807, 2.05) is 30.0 Å². The molecule has 3 nitrogen and oxygen atoms in total. The topological polar surface area (TPSA) is 40.5 Å². The molecule has 1 saturated heterocycles. The Balaban J connectivity index is 1.89. The molecule has 1 aliphatic heterocycles. The molecule has 26 heavy (non-hydrogen) atoms. The lowest BCUT2D eigenvalue weighted by Crippen LogP contribution is -2.22. The summed E-state index contributed by atoms with van der Waals surface area (Å²) in [5.74, 6) is -1.33. The van der Waals surface area contributed by atoms with Crippen molar-refractivity contribution in [2.24, 2.45) is 0 Å². The third-order valence-corrected chi connectivity index (χ3v) is 5.84. The van der Waals surface area contributed by atoms with E-state index < -0.39 is 5.97 Å². The molecule has 0 spiro atoms. The van der Waals surface area contributed by atoms with Crippen LogP contribution >= 0.6 is 11.8 Å². The van der Waals surface area contributed by atoms with Gasteiger partial charge in [0.2, 0.25) is 0 Å². The first-order chi connectivity index (χ1) is 12.5. The second kappa shape index (κ2) is 8.06. The molecule has 1 N–H and O–H groups in total. The zero-order valence-corrected chi connectivity index (χ0v) is 15.7. The number of hydrogen-bond donors (Lipinski definition) is 1.